The number of rotatable bonds is 8. The Morgan fingerprint density at radius 2 is 2.00 bits per heavy atom. The number of urea groups is 1. The van der Waals surface area contributed by atoms with Crippen molar-refractivity contribution in [2.24, 2.45) is 0 Å². The zero-order valence-electron chi connectivity index (χ0n) is 10.8. The average molecular weight is 245 g/mol. The van der Waals surface area contributed by atoms with Gasteiger partial charge in [0.25, 0.3) is 0 Å². The third-order valence-corrected chi connectivity index (χ3v) is 2.25. The van der Waals surface area contributed by atoms with Crippen molar-refractivity contribution in [1.82, 2.24) is 15.5 Å². The van der Waals surface area contributed by atoms with Crippen LogP contribution in [-0.4, -0.2) is 55.2 Å². The Morgan fingerprint density at radius 3 is 2.47 bits per heavy atom. The summed E-state index contributed by atoms with van der Waals surface area (Å²) in [6.45, 7) is 3.31. The summed E-state index contributed by atoms with van der Waals surface area (Å²) in [7, 11) is 3.92. The molecule has 0 spiro atoms. The number of carboxylic acids is 1. The van der Waals surface area contributed by atoms with Gasteiger partial charge in [0.05, 0.1) is 0 Å². The summed E-state index contributed by atoms with van der Waals surface area (Å²) in [5, 5.41) is 13.9. The fraction of sp³-hybridized carbons (Fsp3) is 0.818. The monoisotopic (exact) mass is 245 g/mol. The number of nitrogens with one attached hydrogen (secondary N) is 2. The van der Waals surface area contributed by atoms with Crippen LogP contribution < -0.4 is 10.6 Å². The van der Waals surface area contributed by atoms with Gasteiger partial charge >= 0.3 is 12.0 Å². The van der Waals surface area contributed by atoms with Gasteiger partial charge < -0.3 is 20.6 Å². The lowest BCUT2D eigenvalue weighted by atomic mass is 10.2. The van der Waals surface area contributed by atoms with Gasteiger partial charge in [0.15, 0.2) is 0 Å². The minimum absolute atomic E-state index is 0.412. The number of hydrogen-bond donors (Lipinski definition) is 3. The van der Waals surface area contributed by atoms with E-state index in [-0.39, 0.29) is 0 Å². The molecule has 0 aliphatic rings. The Bertz CT molecular complexity index is 244. The number of amides is 2. The van der Waals surface area contributed by atoms with Crippen LogP contribution in [0.4, 0.5) is 4.79 Å². The molecule has 0 aromatic carbocycles. The van der Waals surface area contributed by atoms with Gasteiger partial charge in [-0.1, -0.05) is 13.3 Å². The Hall–Kier alpha value is -1.30. The summed E-state index contributed by atoms with van der Waals surface area (Å²) < 4.78 is 0. The van der Waals surface area contributed by atoms with Crippen molar-refractivity contribution in [3.05, 3.63) is 0 Å². The van der Waals surface area contributed by atoms with Crippen molar-refractivity contribution >= 4 is 12.0 Å². The normalized spacial score (nSPS) is 12.2. The fourth-order valence-electron chi connectivity index (χ4n) is 1.35. The number of carboxylic acid groups (broad SMARTS) is 1. The van der Waals surface area contributed by atoms with Crippen LogP contribution in [0.3, 0.4) is 0 Å². The lowest BCUT2D eigenvalue weighted by Gasteiger charge is -2.15. The smallest absolute Gasteiger partial charge is 0.326 e. The molecular formula is C11H23N3O3. The third-order valence-electron chi connectivity index (χ3n) is 2.25. The molecule has 0 aromatic heterocycles. The quantitative estimate of drug-likeness (QED) is 0.544. The molecule has 0 aliphatic heterocycles. The van der Waals surface area contributed by atoms with E-state index in [4.69, 9.17) is 5.11 Å². The van der Waals surface area contributed by atoms with Crippen LogP contribution >= 0.6 is 0 Å². The summed E-state index contributed by atoms with van der Waals surface area (Å²) in [5.74, 6) is -0.990. The number of nitrogens with zero attached hydrogens (tertiary/aromatic N) is 1. The maximum absolute atomic E-state index is 11.4. The highest BCUT2D eigenvalue weighted by molar-refractivity contribution is 5.82. The summed E-state index contributed by atoms with van der Waals surface area (Å²) >= 11 is 0. The second-order valence-corrected chi connectivity index (χ2v) is 4.24. The molecule has 1 unspecified atom stereocenters. The van der Waals surface area contributed by atoms with E-state index in [2.05, 4.69) is 10.6 Å². The highest BCUT2D eigenvalue weighted by atomic mass is 16.4. The van der Waals surface area contributed by atoms with Gasteiger partial charge in [-0.2, -0.15) is 0 Å². The topological polar surface area (TPSA) is 81.7 Å². The van der Waals surface area contributed by atoms with Crippen LogP contribution in [0.15, 0.2) is 0 Å². The van der Waals surface area contributed by atoms with E-state index in [1.807, 2.05) is 25.9 Å². The zero-order chi connectivity index (χ0) is 13.3. The summed E-state index contributed by atoms with van der Waals surface area (Å²) in [6.07, 6.45) is 2.00. The van der Waals surface area contributed by atoms with Crippen LogP contribution in [0.25, 0.3) is 0 Å². The first-order valence-electron chi connectivity index (χ1n) is 5.89. The number of aliphatic carboxylic acids is 1. The average Bonchev–Trinajstić information content (AvgIpc) is 2.23. The first kappa shape index (κ1) is 15.7. The van der Waals surface area contributed by atoms with E-state index < -0.39 is 18.0 Å². The van der Waals surface area contributed by atoms with E-state index in [0.717, 1.165) is 19.4 Å². The molecular weight excluding hydrogens is 222 g/mol. The maximum Gasteiger partial charge on any atom is 0.326 e. The summed E-state index contributed by atoms with van der Waals surface area (Å²) in [5.41, 5.74) is 0. The van der Waals surface area contributed by atoms with Crippen LogP contribution in [0.1, 0.15) is 26.2 Å². The van der Waals surface area contributed by atoms with Crippen molar-refractivity contribution in [3.8, 4) is 0 Å². The van der Waals surface area contributed by atoms with E-state index in [1.54, 1.807) is 0 Å². The van der Waals surface area contributed by atoms with Crippen LogP contribution in [0.5, 0.6) is 0 Å². The lowest BCUT2D eigenvalue weighted by molar-refractivity contribution is -0.139. The molecule has 0 saturated carbocycles. The Labute approximate surface area is 102 Å². The zero-order valence-corrected chi connectivity index (χ0v) is 10.8. The van der Waals surface area contributed by atoms with Crippen molar-refractivity contribution in [2.45, 2.75) is 32.2 Å². The molecule has 0 bridgehead atoms. The standard InChI is InChI=1S/C11H23N3O3/c1-4-6-9(10(15)16)13-11(17)12-7-5-8-14(2)3/h9H,4-8H2,1-3H3,(H,15,16)(H2,12,13,17). The van der Waals surface area contributed by atoms with Crippen LogP contribution in [0.2, 0.25) is 0 Å². The SMILES string of the molecule is CCCC(NC(=O)NCCCN(C)C)C(=O)O. The van der Waals surface area contributed by atoms with Gasteiger partial charge in [0.2, 0.25) is 0 Å². The van der Waals surface area contributed by atoms with Gasteiger partial charge in [-0.25, -0.2) is 9.59 Å². The Kier molecular flexibility index (Phi) is 8.13. The number of carbonyl (C=O) groups excluding carboxylic acids is 1. The van der Waals surface area contributed by atoms with E-state index >= 15 is 0 Å². The Morgan fingerprint density at radius 1 is 1.35 bits per heavy atom. The molecule has 0 fully saturated rings. The van der Waals surface area contributed by atoms with Crippen LogP contribution in [0, 0.1) is 0 Å². The Balaban J connectivity index is 3.78. The van der Waals surface area contributed by atoms with Gasteiger partial charge in [-0.3, -0.25) is 0 Å². The third kappa shape index (κ3) is 8.50. The maximum atomic E-state index is 11.4. The molecule has 0 heterocycles. The fourth-order valence-corrected chi connectivity index (χ4v) is 1.35. The molecule has 0 rings (SSSR count). The molecule has 0 radical (unpaired) electrons. The molecule has 100 valence electrons. The number of hydrogen-bond acceptors (Lipinski definition) is 3. The predicted molar refractivity (Wildman–Crippen MR) is 66.0 cm³/mol. The second-order valence-electron chi connectivity index (χ2n) is 4.24. The lowest BCUT2D eigenvalue weighted by Crippen LogP contribution is -2.46. The first-order chi connectivity index (χ1) is 7.97. The van der Waals surface area contributed by atoms with Gasteiger partial charge in [0.1, 0.15) is 6.04 Å². The van der Waals surface area contributed by atoms with E-state index in [1.165, 1.54) is 0 Å². The largest absolute Gasteiger partial charge is 0.480 e. The predicted octanol–water partition coefficient (Wildman–Crippen LogP) is 0.491. The first-order valence-corrected chi connectivity index (χ1v) is 5.89. The molecule has 0 aromatic rings. The summed E-state index contributed by atoms with van der Waals surface area (Å²) in [6, 6.07) is -1.21. The molecule has 0 saturated heterocycles. The molecule has 17 heavy (non-hydrogen) atoms. The van der Waals surface area contributed by atoms with Gasteiger partial charge in [-0.05, 0) is 33.5 Å². The summed E-state index contributed by atoms with van der Waals surface area (Å²) in [4.78, 5) is 24.2. The number of carbonyl (C=O) groups is 2. The second kappa shape index (κ2) is 8.81. The molecule has 3 N–H and O–H groups in total. The molecule has 1 atom stereocenters. The van der Waals surface area contributed by atoms with Crippen molar-refractivity contribution in [1.29, 1.82) is 0 Å². The van der Waals surface area contributed by atoms with Crippen LogP contribution in [-0.2, 0) is 4.79 Å². The minimum Gasteiger partial charge on any atom is -0.480 e. The van der Waals surface area contributed by atoms with Crippen molar-refractivity contribution in [3.63, 3.8) is 0 Å². The van der Waals surface area contributed by atoms with E-state index in [0.29, 0.717) is 13.0 Å². The minimum atomic E-state index is -0.990. The van der Waals surface area contributed by atoms with Gasteiger partial charge in [-0.15, -0.1) is 0 Å². The molecule has 2 amide bonds. The van der Waals surface area contributed by atoms with Crippen molar-refractivity contribution < 1.29 is 14.7 Å². The van der Waals surface area contributed by atoms with E-state index in [9.17, 15) is 9.59 Å². The highest BCUT2D eigenvalue weighted by Gasteiger charge is 2.18. The molecule has 6 heteroatoms. The van der Waals surface area contributed by atoms with Gasteiger partial charge in [0, 0.05) is 6.54 Å². The molecule has 0 aliphatic carbocycles. The van der Waals surface area contributed by atoms with Crippen molar-refractivity contribution in [2.75, 3.05) is 27.2 Å². The molecule has 6 nitrogen and oxygen atoms in total. The highest BCUT2D eigenvalue weighted by Crippen LogP contribution is 1.96.